The fourth-order valence-corrected chi connectivity index (χ4v) is 3.21. The van der Waals surface area contributed by atoms with E-state index in [2.05, 4.69) is 20.5 Å². The maximum absolute atomic E-state index is 11.7. The van der Waals surface area contributed by atoms with E-state index in [0.717, 1.165) is 43.1 Å². The number of amides is 2. The molecule has 0 radical (unpaired) electrons. The number of guanidine groups is 1. The molecule has 1 unspecified atom stereocenters. The van der Waals surface area contributed by atoms with Crippen LogP contribution in [0, 0.1) is 11.8 Å². The van der Waals surface area contributed by atoms with Crippen molar-refractivity contribution in [3.8, 4) is 0 Å². The van der Waals surface area contributed by atoms with E-state index in [0.29, 0.717) is 18.9 Å². The number of aliphatic imine (C=N–C) groups is 1. The summed E-state index contributed by atoms with van der Waals surface area (Å²) in [5.41, 5.74) is 7.24. The molecule has 28 heavy (non-hydrogen) atoms. The van der Waals surface area contributed by atoms with Crippen LogP contribution < -0.4 is 16.4 Å². The Balaban J connectivity index is 0.00000392. The first-order valence-corrected chi connectivity index (χ1v) is 9.52. The number of hydrogen-bond acceptors (Lipinski definition) is 3. The van der Waals surface area contributed by atoms with Gasteiger partial charge in [0.1, 0.15) is 0 Å². The van der Waals surface area contributed by atoms with Crippen molar-refractivity contribution in [2.45, 2.75) is 39.7 Å². The summed E-state index contributed by atoms with van der Waals surface area (Å²) in [5.74, 6) is 0.851. The molecule has 1 aliphatic rings. The van der Waals surface area contributed by atoms with Crippen LogP contribution in [0.15, 0.2) is 29.3 Å². The first-order chi connectivity index (χ1) is 12.9. The van der Waals surface area contributed by atoms with Crippen LogP contribution in [0.2, 0.25) is 0 Å². The molecule has 2 amide bonds. The van der Waals surface area contributed by atoms with Crippen LogP contribution in [0.5, 0.6) is 0 Å². The number of likely N-dealkylation sites (tertiary alicyclic amines) is 1. The number of piperidine rings is 1. The average molecular weight is 501 g/mol. The average Bonchev–Trinajstić information content (AvgIpc) is 2.63. The third-order valence-electron chi connectivity index (χ3n) is 4.72. The fourth-order valence-electron chi connectivity index (χ4n) is 3.21. The monoisotopic (exact) mass is 501 g/mol. The predicted octanol–water partition coefficient (Wildman–Crippen LogP) is 2.56. The zero-order valence-corrected chi connectivity index (χ0v) is 19.2. The molecule has 1 aromatic carbocycles. The number of nitrogens with one attached hydrogen (secondary N) is 2. The number of carbonyl (C=O) groups is 2. The number of anilines is 1. The van der Waals surface area contributed by atoms with Crippen molar-refractivity contribution < 1.29 is 9.59 Å². The summed E-state index contributed by atoms with van der Waals surface area (Å²) in [6.45, 7) is 6.10. The Morgan fingerprint density at radius 3 is 2.54 bits per heavy atom. The molecular formula is C20H32IN5O2. The van der Waals surface area contributed by atoms with E-state index in [1.165, 1.54) is 0 Å². The molecule has 0 aliphatic carbocycles. The van der Waals surface area contributed by atoms with Gasteiger partial charge in [-0.3, -0.25) is 14.6 Å². The van der Waals surface area contributed by atoms with E-state index in [1.807, 2.05) is 38.1 Å². The molecule has 156 valence electrons. The highest BCUT2D eigenvalue weighted by Crippen LogP contribution is 2.19. The van der Waals surface area contributed by atoms with Gasteiger partial charge in [-0.25, -0.2) is 0 Å². The molecule has 1 aliphatic heterocycles. The van der Waals surface area contributed by atoms with E-state index in [-0.39, 0.29) is 41.7 Å². The quantitative estimate of drug-likeness (QED) is 0.317. The Labute approximate surface area is 184 Å². The number of nitrogens with zero attached hydrogens (tertiary/aromatic N) is 2. The van der Waals surface area contributed by atoms with Gasteiger partial charge in [0.25, 0.3) is 0 Å². The van der Waals surface area contributed by atoms with Gasteiger partial charge in [0.2, 0.25) is 11.8 Å². The van der Waals surface area contributed by atoms with E-state index in [9.17, 15) is 9.59 Å². The Kier molecular flexibility index (Phi) is 10.3. The topological polar surface area (TPSA) is 99.8 Å². The van der Waals surface area contributed by atoms with Crippen LogP contribution in [0.1, 0.15) is 38.7 Å². The van der Waals surface area contributed by atoms with Crippen molar-refractivity contribution in [3.63, 3.8) is 0 Å². The molecule has 7 nitrogen and oxygen atoms in total. The zero-order valence-electron chi connectivity index (χ0n) is 16.9. The Bertz CT molecular complexity index is 676. The summed E-state index contributed by atoms with van der Waals surface area (Å²) in [6, 6.07) is 7.79. The highest BCUT2D eigenvalue weighted by molar-refractivity contribution is 14.0. The van der Waals surface area contributed by atoms with Gasteiger partial charge in [-0.2, -0.15) is 0 Å². The third kappa shape index (κ3) is 7.65. The molecule has 0 saturated carbocycles. The fraction of sp³-hybridized carbons (Fsp3) is 0.550. The molecule has 0 spiro atoms. The molecular weight excluding hydrogens is 469 g/mol. The smallest absolute Gasteiger partial charge is 0.226 e. The van der Waals surface area contributed by atoms with Crippen LogP contribution >= 0.6 is 24.0 Å². The molecule has 1 atom stereocenters. The number of hydrogen-bond donors (Lipinski definition) is 3. The van der Waals surface area contributed by atoms with Crippen LogP contribution in [-0.2, 0) is 16.1 Å². The van der Waals surface area contributed by atoms with Crippen molar-refractivity contribution in [2.24, 2.45) is 22.6 Å². The highest BCUT2D eigenvalue weighted by Gasteiger charge is 2.23. The first kappa shape index (κ1) is 24.2. The molecule has 2 rings (SSSR count). The summed E-state index contributed by atoms with van der Waals surface area (Å²) < 4.78 is 0. The maximum Gasteiger partial charge on any atom is 0.226 e. The molecule has 4 N–H and O–H groups in total. The van der Waals surface area contributed by atoms with Crippen molar-refractivity contribution in [3.05, 3.63) is 29.8 Å². The molecule has 1 saturated heterocycles. The Morgan fingerprint density at radius 2 is 1.96 bits per heavy atom. The van der Waals surface area contributed by atoms with Crippen molar-refractivity contribution in [1.29, 1.82) is 0 Å². The minimum absolute atomic E-state index is 0. The lowest BCUT2D eigenvalue weighted by atomic mass is 9.95. The van der Waals surface area contributed by atoms with Crippen LogP contribution in [-0.4, -0.2) is 42.8 Å². The molecule has 1 heterocycles. The third-order valence-corrected chi connectivity index (χ3v) is 4.72. The largest absolute Gasteiger partial charge is 0.370 e. The molecule has 0 aromatic heterocycles. The first-order valence-electron chi connectivity index (χ1n) is 9.52. The van der Waals surface area contributed by atoms with Gasteiger partial charge in [-0.1, -0.05) is 26.0 Å². The minimum Gasteiger partial charge on any atom is -0.370 e. The summed E-state index contributed by atoms with van der Waals surface area (Å²) in [5, 5.41) is 6.27. The number of halogens is 1. The van der Waals surface area contributed by atoms with Crippen molar-refractivity contribution in [1.82, 2.24) is 10.2 Å². The summed E-state index contributed by atoms with van der Waals surface area (Å²) >= 11 is 0. The van der Waals surface area contributed by atoms with E-state index in [4.69, 9.17) is 5.73 Å². The number of nitrogens with two attached hydrogens (primary N) is 1. The van der Waals surface area contributed by atoms with Crippen molar-refractivity contribution >= 4 is 47.4 Å². The normalized spacial score (nSPS) is 17.1. The van der Waals surface area contributed by atoms with Crippen LogP contribution in [0.3, 0.4) is 0 Å². The van der Waals surface area contributed by atoms with Crippen LogP contribution in [0.4, 0.5) is 5.69 Å². The molecule has 1 aromatic rings. The second kappa shape index (κ2) is 11.9. The minimum atomic E-state index is -0.241. The standard InChI is InChI=1S/C20H31N5O2.HI/c1-14(2)19(27)24-17-8-6-15(7-9-17)12-23-20(22-3)25-10-4-5-16(13-25)11-18(21)26;/h6-9,14,16H,4-5,10-13H2,1-3H3,(H2,21,26)(H,22,23)(H,24,27);1H. The number of primary amides is 1. The van der Waals surface area contributed by atoms with Gasteiger partial charge >= 0.3 is 0 Å². The van der Waals surface area contributed by atoms with Crippen LogP contribution in [0.25, 0.3) is 0 Å². The highest BCUT2D eigenvalue weighted by atomic mass is 127. The van der Waals surface area contributed by atoms with E-state index in [1.54, 1.807) is 7.05 Å². The lowest BCUT2D eigenvalue weighted by Crippen LogP contribution is -2.46. The van der Waals surface area contributed by atoms with Gasteiger partial charge in [0.05, 0.1) is 0 Å². The number of carbonyl (C=O) groups excluding carboxylic acids is 2. The van der Waals surface area contributed by atoms with Gasteiger partial charge in [0.15, 0.2) is 5.96 Å². The van der Waals surface area contributed by atoms with E-state index >= 15 is 0 Å². The molecule has 0 bridgehead atoms. The lowest BCUT2D eigenvalue weighted by Gasteiger charge is -2.34. The number of rotatable bonds is 6. The number of benzene rings is 1. The second-order valence-electron chi connectivity index (χ2n) is 7.37. The van der Waals surface area contributed by atoms with Gasteiger partial charge in [0, 0.05) is 44.7 Å². The van der Waals surface area contributed by atoms with E-state index < -0.39 is 0 Å². The Morgan fingerprint density at radius 1 is 1.29 bits per heavy atom. The van der Waals surface area contributed by atoms with Gasteiger partial charge < -0.3 is 21.3 Å². The summed E-state index contributed by atoms with van der Waals surface area (Å²) in [7, 11) is 1.77. The second-order valence-corrected chi connectivity index (χ2v) is 7.37. The maximum atomic E-state index is 11.7. The molecule has 1 fully saturated rings. The van der Waals surface area contributed by atoms with Crippen molar-refractivity contribution in [2.75, 3.05) is 25.5 Å². The van der Waals surface area contributed by atoms with Gasteiger partial charge in [-0.05, 0) is 36.5 Å². The summed E-state index contributed by atoms with van der Waals surface area (Å²) in [4.78, 5) is 29.5. The molecule has 8 heteroatoms. The zero-order chi connectivity index (χ0) is 19.8. The predicted molar refractivity (Wildman–Crippen MR) is 124 cm³/mol. The SMILES string of the molecule is CN=C(NCc1ccc(NC(=O)C(C)C)cc1)N1CCCC(CC(N)=O)C1.I. The Hall–Kier alpha value is -1.84. The lowest BCUT2D eigenvalue weighted by molar-refractivity contribution is -0.119. The summed E-state index contributed by atoms with van der Waals surface area (Å²) in [6.07, 6.45) is 2.49. The van der Waals surface area contributed by atoms with Gasteiger partial charge in [-0.15, -0.1) is 24.0 Å².